The molecule has 0 saturated carbocycles. The number of ether oxygens (including phenoxy) is 2. The molecule has 9 rings (SSSR count). The first-order valence-electron chi connectivity index (χ1n) is 14.2. The molecule has 0 fully saturated rings. The number of rotatable bonds is 2. The van der Waals surface area contributed by atoms with Gasteiger partial charge in [-0.25, -0.2) is 0 Å². The summed E-state index contributed by atoms with van der Waals surface area (Å²) in [5.74, 6) is 3.53. The Labute approximate surface area is 249 Å². The maximum atomic E-state index is 6.54. The van der Waals surface area contributed by atoms with Crippen molar-refractivity contribution in [2.75, 3.05) is 4.90 Å². The Bertz CT molecular complexity index is 1960. The van der Waals surface area contributed by atoms with Gasteiger partial charge in [0.15, 0.2) is 0 Å². The summed E-state index contributed by atoms with van der Waals surface area (Å²) in [5, 5.41) is 0. The summed E-state index contributed by atoms with van der Waals surface area (Å²) in [7, 11) is 0. The Hall–Kier alpha value is -4.87. The minimum Gasteiger partial charge on any atom is -0.458 e. The van der Waals surface area contributed by atoms with Crippen molar-refractivity contribution in [3.05, 3.63) is 133 Å². The molecule has 0 N–H and O–H groups in total. The van der Waals surface area contributed by atoms with E-state index >= 15 is 0 Å². The lowest BCUT2D eigenvalue weighted by molar-refractivity contribution is 0.465. The van der Waals surface area contributed by atoms with Gasteiger partial charge in [-0.3, -0.25) is 0 Å². The highest BCUT2D eigenvalue weighted by Crippen LogP contribution is 2.52. The second-order valence-electron chi connectivity index (χ2n) is 11.0. The van der Waals surface area contributed by atoms with Crippen molar-refractivity contribution in [2.24, 2.45) is 0 Å². The highest BCUT2D eigenvalue weighted by Gasteiger charge is 2.40. The Kier molecular flexibility index (Phi) is 5.14. The Morgan fingerprint density at radius 2 is 1.07 bits per heavy atom. The molecule has 0 saturated heterocycles. The van der Waals surface area contributed by atoms with Crippen molar-refractivity contribution in [3.8, 4) is 34.1 Å². The highest BCUT2D eigenvalue weighted by atomic mass is 32.2. The van der Waals surface area contributed by atoms with Crippen molar-refractivity contribution < 1.29 is 9.47 Å². The van der Waals surface area contributed by atoms with Crippen LogP contribution in [0, 0.1) is 6.92 Å². The smallest absolute Gasteiger partial charge is 0.260 e. The van der Waals surface area contributed by atoms with Crippen LogP contribution in [0.5, 0.6) is 23.0 Å². The van der Waals surface area contributed by atoms with E-state index in [2.05, 4.69) is 127 Å². The molecule has 0 spiro atoms. The third-order valence-electron chi connectivity index (χ3n) is 8.50. The maximum Gasteiger partial charge on any atom is 0.260 e. The van der Waals surface area contributed by atoms with Crippen LogP contribution in [0.15, 0.2) is 137 Å². The first-order valence-corrected chi connectivity index (χ1v) is 15.0. The third kappa shape index (κ3) is 3.50. The number of anilines is 3. The van der Waals surface area contributed by atoms with Gasteiger partial charge in [0.1, 0.15) is 23.0 Å². The molecule has 0 amide bonds. The quantitative estimate of drug-likeness (QED) is 0.199. The van der Waals surface area contributed by atoms with E-state index in [-0.39, 0.29) is 6.71 Å². The summed E-state index contributed by atoms with van der Waals surface area (Å²) >= 11 is 1.83. The molecular formula is C37H24BNO2S. The minimum absolute atomic E-state index is 0.0835. The molecule has 3 aliphatic heterocycles. The fraction of sp³-hybridized carbons (Fsp3) is 0.0270. The van der Waals surface area contributed by atoms with Gasteiger partial charge in [0, 0.05) is 20.9 Å². The largest absolute Gasteiger partial charge is 0.458 e. The van der Waals surface area contributed by atoms with E-state index in [9.17, 15) is 0 Å². The summed E-state index contributed by atoms with van der Waals surface area (Å²) in [6.45, 7) is 2.28. The van der Waals surface area contributed by atoms with E-state index in [4.69, 9.17) is 9.47 Å². The number of fused-ring (bicyclic) bond motifs is 6. The predicted octanol–water partition coefficient (Wildman–Crippen LogP) is 8.32. The second kappa shape index (κ2) is 9.07. The van der Waals surface area contributed by atoms with Gasteiger partial charge < -0.3 is 14.4 Å². The summed E-state index contributed by atoms with van der Waals surface area (Å²) in [6, 6.07) is 45.1. The van der Waals surface area contributed by atoms with Gasteiger partial charge in [-0.05, 0) is 95.2 Å². The number of hydrogen-bond donors (Lipinski definition) is 0. The molecule has 3 aliphatic rings. The van der Waals surface area contributed by atoms with E-state index in [1.165, 1.54) is 43.3 Å². The number of benzene rings is 6. The van der Waals surface area contributed by atoms with E-state index < -0.39 is 0 Å². The van der Waals surface area contributed by atoms with Crippen molar-refractivity contribution in [1.29, 1.82) is 0 Å². The Balaban J connectivity index is 1.17. The van der Waals surface area contributed by atoms with Gasteiger partial charge >= 0.3 is 0 Å². The average molecular weight is 557 g/mol. The van der Waals surface area contributed by atoms with Gasteiger partial charge in [0.2, 0.25) is 0 Å². The molecule has 5 heteroatoms. The monoisotopic (exact) mass is 557 g/mol. The zero-order valence-electron chi connectivity index (χ0n) is 22.9. The SMILES string of the molecule is Cc1cc(-c2cc3c4c(c2)Oc2ccccc2B4c2ccccc2O3)ccc1N1c2ccccc2Sc2ccccc21. The van der Waals surface area contributed by atoms with Gasteiger partial charge in [-0.15, -0.1) is 0 Å². The molecule has 3 heterocycles. The number of nitrogens with zero attached hydrogens (tertiary/aromatic N) is 1. The van der Waals surface area contributed by atoms with E-state index in [1.54, 1.807) is 0 Å². The van der Waals surface area contributed by atoms with Crippen molar-refractivity contribution in [2.45, 2.75) is 16.7 Å². The summed E-state index contributed by atoms with van der Waals surface area (Å²) < 4.78 is 13.1. The summed E-state index contributed by atoms with van der Waals surface area (Å²) in [4.78, 5) is 4.91. The predicted molar refractivity (Wildman–Crippen MR) is 173 cm³/mol. The highest BCUT2D eigenvalue weighted by molar-refractivity contribution is 7.99. The van der Waals surface area contributed by atoms with Gasteiger partial charge in [0.25, 0.3) is 6.71 Å². The van der Waals surface area contributed by atoms with E-state index in [0.717, 1.165) is 39.6 Å². The summed E-state index contributed by atoms with van der Waals surface area (Å²) in [6.07, 6.45) is 0. The third-order valence-corrected chi connectivity index (χ3v) is 9.63. The average Bonchev–Trinajstić information content (AvgIpc) is 3.03. The molecular weight excluding hydrogens is 533 g/mol. The minimum atomic E-state index is 0.0835. The standard InChI is InChI=1S/C37H24BNO2S/c1-23-20-24(18-19-28(23)39-29-12-4-8-16-35(29)42-36-17-9-5-13-30(36)39)25-21-33-37-34(22-25)41-32-15-7-3-11-27(32)38(37)26-10-2-6-14-31(26)40-33/h2-22H,1H3. The molecule has 6 aromatic carbocycles. The zero-order chi connectivity index (χ0) is 27.8. The molecule has 42 heavy (non-hydrogen) atoms. The van der Waals surface area contributed by atoms with E-state index in [0.29, 0.717) is 0 Å². The lowest BCUT2D eigenvalue weighted by Gasteiger charge is -2.34. The normalized spacial score (nSPS) is 13.5. The van der Waals surface area contributed by atoms with Crippen LogP contribution in [-0.2, 0) is 0 Å². The van der Waals surface area contributed by atoms with Crippen LogP contribution in [0.1, 0.15) is 5.56 Å². The lowest BCUT2D eigenvalue weighted by Crippen LogP contribution is -2.57. The molecule has 3 nitrogen and oxygen atoms in total. The van der Waals surface area contributed by atoms with Crippen LogP contribution in [0.3, 0.4) is 0 Å². The van der Waals surface area contributed by atoms with Crippen LogP contribution in [0.25, 0.3) is 11.1 Å². The number of para-hydroxylation sites is 4. The van der Waals surface area contributed by atoms with Crippen LogP contribution in [-0.4, -0.2) is 6.71 Å². The first-order chi connectivity index (χ1) is 20.7. The van der Waals surface area contributed by atoms with Gasteiger partial charge in [-0.1, -0.05) is 78.5 Å². The van der Waals surface area contributed by atoms with E-state index in [1.807, 2.05) is 23.9 Å². The van der Waals surface area contributed by atoms with Crippen LogP contribution >= 0.6 is 11.8 Å². The molecule has 0 aromatic heterocycles. The molecule has 0 radical (unpaired) electrons. The van der Waals surface area contributed by atoms with Gasteiger partial charge in [-0.2, -0.15) is 0 Å². The second-order valence-corrected chi connectivity index (χ2v) is 12.1. The zero-order valence-corrected chi connectivity index (χ0v) is 23.7. The van der Waals surface area contributed by atoms with Crippen LogP contribution in [0.2, 0.25) is 0 Å². The molecule has 0 atom stereocenters. The van der Waals surface area contributed by atoms with Crippen molar-refractivity contribution >= 4 is 51.9 Å². The van der Waals surface area contributed by atoms with Crippen LogP contribution in [0.4, 0.5) is 17.1 Å². The maximum absolute atomic E-state index is 6.54. The number of hydrogen-bond acceptors (Lipinski definition) is 4. The molecule has 6 aromatic rings. The molecule has 0 unspecified atom stereocenters. The fourth-order valence-corrected chi connectivity index (χ4v) is 7.67. The fourth-order valence-electron chi connectivity index (χ4n) is 6.61. The Morgan fingerprint density at radius 1 is 0.524 bits per heavy atom. The molecule has 0 bridgehead atoms. The van der Waals surface area contributed by atoms with Crippen LogP contribution < -0.4 is 30.8 Å². The molecule has 198 valence electrons. The number of aryl methyl sites for hydroxylation is 1. The van der Waals surface area contributed by atoms with Gasteiger partial charge in [0.05, 0.1) is 11.4 Å². The topological polar surface area (TPSA) is 21.7 Å². The Morgan fingerprint density at radius 3 is 1.67 bits per heavy atom. The lowest BCUT2D eigenvalue weighted by atomic mass is 9.35. The molecule has 0 aliphatic carbocycles. The van der Waals surface area contributed by atoms with Crippen molar-refractivity contribution in [1.82, 2.24) is 0 Å². The summed E-state index contributed by atoms with van der Waals surface area (Å²) in [5.41, 5.74) is 10.4. The first kappa shape index (κ1) is 23.8. The van der Waals surface area contributed by atoms with Crippen molar-refractivity contribution in [3.63, 3.8) is 0 Å².